The maximum Gasteiger partial charge on any atom is 0.220 e. The zero-order chi connectivity index (χ0) is 17.5. The second kappa shape index (κ2) is 9.29. The van der Waals surface area contributed by atoms with E-state index in [2.05, 4.69) is 32.2 Å². The van der Waals surface area contributed by atoms with Gasteiger partial charge < -0.3 is 9.84 Å². The van der Waals surface area contributed by atoms with Gasteiger partial charge >= 0.3 is 0 Å². The number of aromatic nitrogens is 2. The van der Waals surface area contributed by atoms with Gasteiger partial charge in [-0.25, -0.2) is 0 Å². The van der Waals surface area contributed by atoms with Gasteiger partial charge in [0.1, 0.15) is 0 Å². The molecule has 3 heterocycles. The summed E-state index contributed by atoms with van der Waals surface area (Å²) in [6.07, 6.45) is 7.82. The van der Waals surface area contributed by atoms with E-state index in [1.165, 1.54) is 25.8 Å². The van der Waals surface area contributed by atoms with Crippen molar-refractivity contribution >= 4 is 5.91 Å². The highest BCUT2D eigenvalue weighted by Gasteiger charge is 2.24. The molecule has 7 nitrogen and oxygen atoms in total. The van der Waals surface area contributed by atoms with Crippen LogP contribution in [0.15, 0.2) is 10.9 Å². The van der Waals surface area contributed by atoms with Crippen molar-refractivity contribution < 1.29 is 9.32 Å². The van der Waals surface area contributed by atoms with E-state index in [-0.39, 0.29) is 5.91 Å². The lowest BCUT2D eigenvalue weighted by atomic mass is 9.92. The van der Waals surface area contributed by atoms with Gasteiger partial charge in [0.05, 0.1) is 6.54 Å². The molecule has 0 aliphatic carbocycles. The first-order chi connectivity index (χ1) is 12.2. The summed E-state index contributed by atoms with van der Waals surface area (Å²) in [7, 11) is 0. The second-order valence-electron chi connectivity index (χ2n) is 7.33. The molecular formula is C18H31N5O2. The number of carbonyl (C=O) groups excluding carboxylic acids is 1. The molecule has 1 aromatic rings. The Bertz CT molecular complexity index is 514. The van der Waals surface area contributed by atoms with E-state index in [0.717, 1.165) is 57.8 Å². The molecule has 1 aromatic heterocycles. The van der Waals surface area contributed by atoms with E-state index in [4.69, 9.17) is 4.52 Å². The van der Waals surface area contributed by atoms with Crippen molar-refractivity contribution in [2.24, 2.45) is 5.92 Å². The van der Waals surface area contributed by atoms with Gasteiger partial charge in [-0.3, -0.25) is 14.6 Å². The predicted molar refractivity (Wildman–Crippen MR) is 94.8 cm³/mol. The molecular weight excluding hydrogens is 318 g/mol. The highest BCUT2D eigenvalue weighted by molar-refractivity contribution is 5.75. The van der Waals surface area contributed by atoms with Crippen LogP contribution in [-0.2, 0) is 11.3 Å². The SMILES string of the molecule is CCN1CCC[C@@H]1CNC(=O)CCC1CCN(Cc2ncon2)CC1. The van der Waals surface area contributed by atoms with Gasteiger partial charge in [-0.15, -0.1) is 0 Å². The molecule has 0 radical (unpaired) electrons. The van der Waals surface area contributed by atoms with E-state index < -0.39 is 0 Å². The summed E-state index contributed by atoms with van der Waals surface area (Å²) in [6.45, 7) is 8.14. The lowest BCUT2D eigenvalue weighted by molar-refractivity contribution is -0.121. The maximum absolute atomic E-state index is 12.1. The van der Waals surface area contributed by atoms with Gasteiger partial charge in [-0.2, -0.15) is 4.98 Å². The molecule has 0 spiro atoms. The fourth-order valence-electron chi connectivity index (χ4n) is 4.09. The Morgan fingerprint density at radius 2 is 2.16 bits per heavy atom. The minimum Gasteiger partial charge on any atom is -0.355 e. The minimum atomic E-state index is 0.220. The highest BCUT2D eigenvalue weighted by Crippen LogP contribution is 2.22. The Hall–Kier alpha value is -1.47. The van der Waals surface area contributed by atoms with Crippen LogP contribution >= 0.6 is 0 Å². The molecule has 0 bridgehead atoms. The van der Waals surface area contributed by atoms with Crippen LogP contribution in [0.2, 0.25) is 0 Å². The molecule has 1 atom stereocenters. The third-order valence-corrected chi connectivity index (χ3v) is 5.70. The maximum atomic E-state index is 12.1. The summed E-state index contributed by atoms with van der Waals surface area (Å²) >= 11 is 0. The molecule has 3 rings (SSSR count). The molecule has 1 amide bonds. The quantitative estimate of drug-likeness (QED) is 0.769. The lowest BCUT2D eigenvalue weighted by Gasteiger charge is -2.31. The predicted octanol–water partition coefficient (Wildman–Crippen LogP) is 1.66. The third kappa shape index (κ3) is 5.51. The fourth-order valence-corrected chi connectivity index (χ4v) is 4.09. The van der Waals surface area contributed by atoms with Crippen molar-refractivity contribution in [2.45, 2.75) is 58.0 Å². The summed E-state index contributed by atoms with van der Waals surface area (Å²) in [4.78, 5) is 21.1. The Kier molecular flexibility index (Phi) is 6.81. The average Bonchev–Trinajstić information content (AvgIpc) is 3.30. The molecule has 7 heteroatoms. The first-order valence-electron chi connectivity index (χ1n) is 9.73. The minimum absolute atomic E-state index is 0.220. The number of hydrogen-bond acceptors (Lipinski definition) is 6. The van der Waals surface area contributed by atoms with Gasteiger partial charge in [0.2, 0.25) is 12.3 Å². The number of rotatable bonds is 8. The van der Waals surface area contributed by atoms with Crippen LogP contribution in [0.5, 0.6) is 0 Å². The molecule has 2 aliphatic rings. The van der Waals surface area contributed by atoms with Gasteiger partial charge in [0, 0.05) is 19.0 Å². The Balaban J connectivity index is 1.28. The second-order valence-corrected chi connectivity index (χ2v) is 7.33. The average molecular weight is 349 g/mol. The van der Waals surface area contributed by atoms with Crippen LogP contribution in [-0.4, -0.2) is 64.6 Å². The van der Waals surface area contributed by atoms with Gasteiger partial charge in [0.25, 0.3) is 0 Å². The van der Waals surface area contributed by atoms with Crippen LogP contribution in [0.3, 0.4) is 0 Å². The summed E-state index contributed by atoms with van der Waals surface area (Å²) in [5.74, 6) is 1.63. The molecule has 0 aromatic carbocycles. The smallest absolute Gasteiger partial charge is 0.220 e. The number of nitrogens with one attached hydrogen (secondary N) is 1. The lowest BCUT2D eigenvalue weighted by Crippen LogP contribution is -2.40. The van der Waals surface area contributed by atoms with Crippen LogP contribution < -0.4 is 5.32 Å². The monoisotopic (exact) mass is 349 g/mol. The van der Waals surface area contributed by atoms with E-state index >= 15 is 0 Å². The van der Waals surface area contributed by atoms with Gasteiger partial charge in [-0.1, -0.05) is 12.1 Å². The van der Waals surface area contributed by atoms with E-state index in [0.29, 0.717) is 18.4 Å². The third-order valence-electron chi connectivity index (χ3n) is 5.70. The van der Waals surface area contributed by atoms with Crippen molar-refractivity contribution in [2.75, 3.05) is 32.7 Å². The normalized spacial score (nSPS) is 23.2. The molecule has 25 heavy (non-hydrogen) atoms. The molecule has 0 saturated carbocycles. The zero-order valence-electron chi connectivity index (χ0n) is 15.3. The molecule has 0 unspecified atom stereocenters. The van der Waals surface area contributed by atoms with E-state index in [9.17, 15) is 4.79 Å². The number of likely N-dealkylation sites (tertiary alicyclic amines) is 2. The summed E-state index contributed by atoms with van der Waals surface area (Å²) in [5.41, 5.74) is 0. The Labute approximate surface area is 150 Å². The number of likely N-dealkylation sites (N-methyl/N-ethyl adjacent to an activating group) is 1. The van der Waals surface area contributed by atoms with Crippen molar-refractivity contribution in [3.63, 3.8) is 0 Å². The van der Waals surface area contributed by atoms with Crippen LogP contribution in [0, 0.1) is 5.92 Å². The molecule has 2 saturated heterocycles. The van der Waals surface area contributed by atoms with Gasteiger partial charge in [0.15, 0.2) is 5.82 Å². The van der Waals surface area contributed by atoms with E-state index in [1.54, 1.807) is 0 Å². The Morgan fingerprint density at radius 3 is 2.88 bits per heavy atom. The number of piperidine rings is 1. The first-order valence-corrected chi connectivity index (χ1v) is 9.73. The number of carbonyl (C=O) groups is 1. The van der Waals surface area contributed by atoms with Crippen molar-refractivity contribution in [1.29, 1.82) is 0 Å². The van der Waals surface area contributed by atoms with Crippen LogP contribution in [0.25, 0.3) is 0 Å². The standard InChI is InChI=1S/C18H31N5O2/c1-2-23-9-3-4-16(23)12-19-18(24)6-5-15-7-10-22(11-8-15)13-17-20-14-25-21-17/h14-16H,2-13H2,1H3,(H,19,24)/t16-/m1/s1. The number of nitrogens with zero attached hydrogens (tertiary/aromatic N) is 4. The zero-order valence-corrected chi connectivity index (χ0v) is 15.3. The summed E-state index contributed by atoms with van der Waals surface area (Å²) < 4.78 is 4.78. The summed E-state index contributed by atoms with van der Waals surface area (Å²) in [5, 5.41) is 7.02. The van der Waals surface area contributed by atoms with Gasteiger partial charge in [-0.05, 0) is 64.2 Å². The van der Waals surface area contributed by atoms with Crippen LogP contribution in [0.1, 0.15) is 51.3 Å². The topological polar surface area (TPSA) is 74.5 Å². The molecule has 2 fully saturated rings. The van der Waals surface area contributed by atoms with Crippen molar-refractivity contribution in [3.8, 4) is 0 Å². The fraction of sp³-hybridized carbons (Fsp3) is 0.833. The largest absolute Gasteiger partial charge is 0.355 e. The summed E-state index contributed by atoms with van der Waals surface area (Å²) in [6, 6.07) is 0.544. The van der Waals surface area contributed by atoms with Crippen LogP contribution in [0.4, 0.5) is 0 Å². The molecule has 1 N–H and O–H groups in total. The Morgan fingerprint density at radius 1 is 1.32 bits per heavy atom. The highest BCUT2D eigenvalue weighted by atomic mass is 16.5. The number of amides is 1. The van der Waals surface area contributed by atoms with E-state index in [1.807, 2.05) is 0 Å². The molecule has 140 valence electrons. The molecule has 2 aliphatic heterocycles. The first kappa shape index (κ1) is 18.3. The van der Waals surface area contributed by atoms with Crippen molar-refractivity contribution in [1.82, 2.24) is 25.3 Å². The van der Waals surface area contributed by atoms with Crippen molar-refractivity contribution in [3.05, 3.63) is 12.2 Å². The number of hydrogen-bond donors (Lipinski definition) is 1.